The lowest BCUT2D eigenvalue weighted by Crippen LogP contribution is -2.21. The van der Waals surface area contributed by atoms with Gasteiger partial charge in [0.05, 0.1) is 18.1 Å². The molecule has 2 aromatic heterocycles. The standard InChI is InChI=1S/C25H21ClN6O.2C2HF3O2/c26-21-15-29-25-30-20-11-17(12-27-14-20)6-8-19-10-16(13-28-23(21)32-25)7-9-22(19)31-24(33)18-4-2-1-3-5-18;2*3-2(4,5)1(6)7/h1-5,7,9-12,14-15H,6,8,13H2,(H,31,33)(H2,28,29,30,32);2*(H,6,7). The second-order valence-electron chi connectivity index (χ2n) is 9.37. The molecule has 5 rings (SSSR count). The zero-order valence-electron chi connectivity index (χ0n) is 23.7. The lowest BCUT2D eigenvalue weighted by Gasteiger charge is -2.16. The van der Waals surface area contributed by atoms with Crippen molar-refractivity contribution in [3.8, 4) is 0 Å². The quantitative estimate of drug-likeness (QED) is 0.147. The zero-order valence-corrected chi connectivity index (χ0v) is 24.4. The molecule has 5 N–H and O–H groups in total. The molecule has 0 radical (unpaired) electrons. The number of aryl methyl sites for hydroxylation is 2. The number of carbonyl (C=O) groups is 3. The Bertz CT molecular complexity index is 1700. The molecule has 0 unspecified atom stereocenters. The third-order valence-corrected chi connectivity index (χ3v) is 6.15. The first kappa shape index (κ1) is 36.0. The Hall–Kier alpha value is -5.45. The Morgan fingerprint density at radius 1 is 0.830 bits per heavy atom. The Kier molecular flexibility index (Phi) is 12.0. The van der Waals surface area contributed by atoms with Gasteiger partial charge in [0.2, 0.25) is 5.95 Å². The van der Waals surface area contributed by atoms with Gasteiger partial charge in [0.15, 0.2) is 5.82 Å². The molecule has 0 atom stereocenters. The van der Waals surface area contributed by atoms with Crippen molar-refractivity contribution >= 4 is 52.6 Å². The van der Waals surface area contributed by atoms with Gasteiger partial charge in [-0.05, 0) is 53.8 Å². The Balaban J connectivity index is 0.000000360. The maximum atomic E-state index is 12.8. The first-order chi connectivity index (χ1) is 22.0. The Labute approximate surface area is 266 Å². The van der Waals surface area contributed by atoms with Crippen LogP contribution in [0.4, 0.5) is 49.5 Å². The van der Waals surface area contributed by atoms with Crippen LogP contribution in [-0.2, 0) is 29.0 Å². The van der Waals surface area contributed by atoms with Crippen molar-refractivity contribution in [1.82, 2.24) is 15.0 Å². The number of carboxylic acids is 2. The molecular formula is C29H23ClF6N6O5. The molecule has 0 aliphatic carbocycles. The van der Waals surface area contributed by atoms with E-state index in [2.05, 4.69) is 37.0 Å². The van der Waals surface area contributed by atoms with Crippen molar-refractivity contribution in [2.24, 2.45) is 0 Å². The molecule has 47 heavy (non-hydrogen) atoms. The first-order valence-electron chi connectivity index (χ1n) is 13.1. The molecule has 0 spiro atoms. The normalized spacial score (nSPS) is 12.2. The number of alkyl halides is 6. The molecular weight excluding hydrogens is 662 g/mol. The molecule has 2 aromatic carbocycles. The smallest absolute Gasteiger partial charge is 0.475 e. The summed E-state index contributed by atoms with van der Waals surface area (Å²) >= 11 is 6.30. The SMILES string of the molecule is O=C(Nc1ccc2cc1CCc1cncc(c1)Nc1ncc(Cl)c(n1)NC2)c1ccccc1.O=C(O)C(F)(F)F.O=C(O)C(F)(F)F. The fourth-order valence-electron chi connectivity index (χ4n) is 3.71. The van der Waals surface area contributed by atoms with E-state index in [1.54, 1.807) is 24.5 Å². The molecule has 0 saturated carbocycles. The Morgan fingerprint density at radius 2 is 1.47 bits per heavy atom. The number of pyridine rings is 1. The topological polar surface area (TPSA) is 166 Å². The molecule has 1 aliphatic heterocycles. The highest BCUT2D eigenvalue weighted by Crippen LogP contribution is 2.26. The van der Waals surface area contributed by atoms with E-state index >= 15 is 0 Å². The summed E-state index contributed by atoms with van der Waals surface area (Å²) in [5.74, 6) is -4.67. The van der Waals surface area contributed by atoms with Crippen LogP contribution in [0.5, 0.6) is 0 Å². The third kappa shape index (κ3) is 11.4. The lowest BCUT2D eigenvalue weighted by atomic mass is 10.0. The second kappa shape index (κ2) is 15.7. The minimum Gasteiger partial charge on any atom is -0.475 e. The van der Waals surface area contributed by atoms with Crippen LogP contribution in [0.25, 0.3) is 0 Å². The molecule has 3 heterocycles. The average Bonchev–Trinajstić information content (AvgIpc) is 3.01. The minimum absolute atomic E-state index is 0.134. The van der Waals surface area contributed by atoms with Crippen LogP contribution in [0.2, 0.25) is 5.02 Å². The van der Waals surface area contributed by atoms with Gasteiger partial charge in [-0.25, -0.2) is 14.6 Å². The summed E-state index contributed by atoms with van der Waals surface area (Å²) in [6.07, 6.45) is -3.52. The van der Waals surface area contributed by atoms with Crippen LogP contribution in [0, 0.1) is 0 Å². The highest BCUT2D eigenvalue weighted by Gasteiger charge is 2.38. The molecule has 11 nitrogen and oxygen atoms in total. The van der Waals surface area contributed by atoms with Crippen molar-refractivity contribution in [3.05, 3.63) is 100 Å². The van der Waals surface area contributed by atoms with Crippen molar-refractivity contribution in [1.29, 1.82) is 0 Å². The molecule has 248 valence electrons. The predicted molar refractivity (Wildman–Crippen MR) is 158 cm³/mol. The van der Waals surface area contributed by atoms with E-state index in [1.807, 2.05) is 42.6 Å². The van der Waals surface area contributed by atoms with E-state index in [1.165, 1.54) is 0 Å². The number of aliphatic carboxylic acids is 2. The van der Waals surface area contributed by atoms with Crippen LogP contribution >= 0.6 is 11.6 Å². The molecule has 0 saturated heterocycles. The molecule has 1 aliphatic rings. The van der Waals surface area contributed by atoms with Crippen LogP contribution in [0.3, 0.4) is 0 Å². The fourth-order valence-corrected chi connectivity index (χ4v) is 3.87. The summed E-state index contributed by atoms with van der Waals surface area (Å²) in [5, 5.41) is 24.2. The number of benzene rings is 2. The van der Waals surface area contributed by atoms with E-state index in [9.17, 15) is 31.1 Å². The number of anilines is 4. The summed E-state index contributed by atoms with van der Waals surface area (Å²) in [5.41, 5.74) is 5.37. The van der Waals surface area contributed by atoms with Crippen molar-refractivity contribution in [2.75, 3.05) is 16.0 Å². The summed E-state index contributed by atoms with van der Waals surface area (Å²) in [6.45, 7) is 0.531. The number of aromatic nitrogens is 3. The Morgan fingerprint density at radius 3 is 2.09 bits per heavy atom. The number of carbonyl (C=O) groups excluding carboxylic acids is 1. The summed E-state index contributed by atoms with van der Waals surface area (Å²) in [4.78, 5) is 43.6. The van der Waals surface area contributed by atoms with Gasteiger partial charge in [-0.3, -0.25) is 9.78 Å². The maximum Gasteiger partial charge on any atom is 0.490 e. The molecule has 4 aromatic rings. The predicted octanol–water partition coefficient (Wildman–Crippen LogP) is 6.50. The number of carboxylic acid groups (broad SMARTS) is 2. The average molecular weight is 685 g/mol. The van der Waals surface area contributed by atoms with Gasteiger partial charge in [0, 0.05) is 24.0 Å². The van der Waals surface area contributed by atoms with E-state index < -0.39 is 24.3 Å². The summed E-state index contributed by atoms with van der Waals surface area (Å²) in [7, 11) is 0. The van der Waals surface area contributed by atoms with E-state index in [-0.39, 0.29) is 5.91 Å². The van der Waals surface area contributed by atoms with Crippen LogP contribution in [-0.4, -0.2) is 55.4 Å². The van der Waals surface area contributed by atoms with E-state index in [0.717, 1.165) is 40.9 Å². The fraction of sp³-hybridized carbons (Fsp3) is 0.172. The van der Waals surface area contributed by atoms with Gasteiger partial charge >= 0.3 is 24.3 Å². The second-order valence-corrected chi connectivity index (χ2v) is 9.78. The highest BCUT2D eigenvalue weighted by molar-refractivity contribution is 6.32. The van der Waals surface area contributed by atoms with Gasteiger partial charge in [-0.2, -0.15) is 31.3 Å². The number of amides is 1. The minimum atomic E-state index is -5.08. The summed E-state index contributed by atoms with van der Waals surface area (Å²) < 4.78 is 63.5. The van der Waals surface area contributed by atoms with E-state index in [0.29, 0.717) is 28.9 Å². The number of hydrogen-bond donors (Lipinski definition) is 5. The van der Waals surface area contributed by atoms with Crippen LogP contribution < -0.4 is 16.0 Å². The van der Waals surface area contributed by atoms with Crippen molar-refractivity contribution < 1.29 is 50.9 Å². The van der Waals surface area contributed by atoms with Gasteiger partial charge in [0.25, 0.3) is 5.91 Å². The van der Waals surface area contributed by atoms with Gasteiger partial charge in [-0.15, -0.1) is 0 Å². The van der Waals surface area contributed by atoms with Crippen molar-refractivity contribution in [2.45, 2.75) is 31.7 Å². The van der Waals surface area contributed by atoms with Crippen LogP contribution in [0.1, 0.15) is 27.0 Å². The maximum absolute atomic E-state index is 12.8. The molecule has 6 bridgehead atoms. The largest absolute Gasteiger partial charge is 0.490 e. The first-order valence-corrected chi connectivity index (χ1v) is 13.5. The number of rotatable bonds is 2. The number of hydrogen-bond acceptors (Lipinski definition) is 8. The summed E-state index contributed by atoms with van der Waals surface area (Å²) in [6, 6.07) is 17.3. The lowest BCUT2D eigenvalue weighted by molar-refractivity contribution is -0.193. The van der Waals surface area contributed by atoms with Crippen LogP contribution in [0.15, 0.2) is 73.2 Å². The monoisotopic (exact) mass is 684 g/mol. The number of fused-ring (bicyclic) bond motifs is 6. The van der Waals surface area contributed by atoms with Gasteiger partial charge in [-0.1, -0.05) is 41.9 Å². The molecule has 0 fully saturated rings. The number of nitrogens with zero attached hydrogens (tertiary/aromatic N) is 3. The molecule has 1 amide bonds. The van der Waals surface area contributed by atoms with Crippen molar-refractivity contribution in [3.63, 3.8) is 0 Å². The molecule has 18 heteroatoms. The highest BCUT2D eigenvalue weighted by atomic mass is 35.5. The third-order valence-electron chi connectivity index (χ3n) is 5.88. The van der Waals surface area contributed by atoms with Gasteiger partial charge in [0.1, 0.15) is 5.02 Å². The zero-order chi connectivity index (χ0) is 34.8. The van der Waals surface area contributed by atoms with Gasteiger partial charge < -0.3 is 26.2 Å². The number of nitrogens with one attached hydrogen (secondary N) is 3. The van der Waals surface area contributed by atoms with E-state index in [4.69, 9.17) is 31.4 Å². The number of halogens is 7.